The van der Waals surface area contributed by atoms with Gasteiger partial charge in [-0.25, -0.2) is 0 Å². The lowest BCUT2D eigenvalue weighted by Crippen LogP contribution is -2.37. The third-order valence-electron chi connectivity index (χ3n) is 3.29. The first-order valence-corrected chi connectivity index (χ1v) is 7.06. The van der Waals surface area contributed by atoms with Crippen LogP contribution in [0, 0.1) is 0 Å². The fourth-order valence-corrected chi connectivity index (χ4v) is 2.15. The molecule has 1 rings (SSSR count). The Kier molecular flexibility index (Phi) is 6.49. The SMILES string of the molecule is CC(CN(C)C)NCC(O)c1ccc(C(C)C)cc1. The highest BCUT2D eigenvalue weighted by molar-refractivity contribution is 5.26. The van der Waals surface area contributed by atoms with Gasteiger partial charge in [-0.3, -0.25) is 0 Å². The van der Waals surface area contributed by atoms with Crippen molar-refractivity contribution >= 4 is 0 Å². The second kappa shape index (κ2) is 7.63. The summed E-state index contributed by atoms with van der Waals surface area (Å²) in [5.41, 5.74) is 2.29. The number of nitrogens with zero attached hydrogens (tertiary/aromatic N) is 1. The van der Waals surface area contributed by atoms with E-state index in [0.717, 1.165) is 12.1 Å². The smallest absolute Gasteiger partial charge is 0.0914 e. The van der Waals surface area contributed by atoms with Crippen LogP contribution >= 0.6 is 0 Å². The van der Waals surface area contributed by atoms with Gasteiger partial charge in [0.05, 0.1) is 6.10 Å². The number of nitrogens with one attached hydrogen (secondary N) is 1. The highest BCUT2D eigenvalue weighted by Gasteiger charge is 2.10. The highest BCUT2D eigenvalue weighted by atomic mass is 16.3. The maximum absolute atomic E-state index is 10.2. The van der Waals surface area contributed by atoms with Crippen LogP contribution in [0.1, 0.15) is 43.9 Å². The van der Waals surface area contributed by atoms with Gasteiger partial charge in [0.15, 0.2) is 0 Å². The summed E-state index contributed by atoms with van der Waals surface area (Å²) in [5, 5.41) is 13.5. The first kappa shape index (κ1) is 16.2. The van der Waals surface area contributed by atoms with Crippen molar-refractivity contribution in [3.63, 3.8) is 0 Å². The number of aliphatic hydroxyl groups excluding tert-OH is 1. The van der Waals surface area contributed by atoms with Gasteiger partial charge >= 0.3 is 0 Å². The Bertz CT molecular complexity index is 360. The van der Waals surface area contributed by atoms with E-state index in [4.69, 9.17) is 0 Å². The van der Waals surface area contributed by atoms with Crippen molar-refractivity contribution < 1.29 is 5.11 Å². The van der Waals surface area contributed by atoms with Crippen LogP contribution in [0.25, 0.3) is 0 Å². The molecule has 2 atom stereocenters. The minimum atomic E-state index is -0.439. The van der Waals surface area contributed by atoms with E-state index in [1.807, 2.05) is 12.1 Å². The molecule has 2 unspecified atom stereocenters. The van der Waals surface area contributed by atoms with Crippen molar-refractivity contribution in [3.8, 4) is 0 Å². The van der Waals surface area contributed by atoms with Crippen molar-refractivity contribution in [2.75, 3.05) is 27.2 Å². The predicted molar refractivity (Wildman–Crippen MR) is 81.5 cm³/mol. The molecule has 0 heterocycles. The molecule has 0 aliphatic heterocycles. The molecule has 0 fully saturated rings. The average molecular weight is 264 g/mol. The summed E-state index contributed by atoms with van der Waals surface area (Å²) in [6.07, 6.45) is -0.439. The number of rotatable bonds is 7. The first-order valence-electron chi connectivity index (χ1n) is 7.06. The number of likely N-dealkylation sites (N-methyl/N-ethyl adjacent to an activating group) is 1. The van der Waals surface area contributed by atoms with Crippen molar-refractivity contribution in [2.45, 2.75) is 38.8 Å². The summed E-state index contributed by atoms with van der Waals surface area (Å²) >= 11 is 0. The zero-order valence-electron chi connectivity index (χ0n) is 12.9. The summed E-state index contributed by atoms with van der Waals surface area (Å²) in [4.78, 5) is 2.14. The van der Waals surface area contributed by atoms with E-state index in [9.17, 15) is 5.11 Å². The van der Waals surface area contributed by atoms with Crippen LogP contribution in [-0.2, 0) is 0 Å². The maximum Gasteiger partial charge on any atom is 0.0914 e. The van der Waals surface area contributed by atoms with Crippen molar-refractivity contribution in [3.05, 3.63) is 35.4 Å². The van der Waals surface area contributed by atoms with E-state index in [1.165, 1.54) is 5.56 Å². The zero-order chi connectivity index (χ0) is 14.4. The van der Waals surface area contributed by atoms with Gasteiger partial charge in [-0.05, 0) is 38.1 Å². The minimum Gasteiger partial charge on any atom is -0.387 e. The fourth-order valence-electron chi connectivity index (χ4n) is 2.15. The van der Waals surface area contributed by atoms with Crippen LogP contribution in [0.5, 0.6) is 0 Å². The quantitative estimate of drug-likeness (QED) is 0.794. The molecule has 3 heteroatoms. The molecule has 0 amide bonds. The van der Waals surface area contributed by atoms with E-state index in [0.29, 0.717) is 18.5 Å². The zero-order valence-corrected chi connectivity index (χ0v) is 12.9. The van der Waals surface area contributed by atoms with E-state index < -0.39 is 6.10 Å². The predicted octanol–water partition coefficient (Wildman–Crippen LogP) is 2.38. The van der Waals surface area contributed by atoms with Crippen LogP contribution in [0.2, 0.25) is 0 Å². The number of benzene rings is 1. The molecule has 3 nitrogen and oxygen atoms in total. The van der Waals surface area contributed by atoms with E-state index in [-0.39, 0.29) is 0 Å². The summed E-state index contributed by atoms with van der Waals surface area (Å²) in [6, 6.07) is 8.63. The Balaban J connectivity index is 2.47. The van der Waals surface area contributed by atoms with Gasteiger partial charge < -0.3 is 15.3 Å². The second-order valence-corrected chi connectivity index (χ2v) is 5.91. The summed E-state index contributed by atoms with van der Waals surface area (Å²) in [7, 11) is 4.11. The van der Waals surface area contributed by atoms with E-state index in [2.05, 4.69) is 57.2 Å². The molecule has 0 aliphatic carbocycles. The van der Waals surface area contributed by atoms with Gasteiger partial charge in [0, 0.05) is 19.1 Å². The third kappa shape index (κ3) is 5.72. The number of aliphatic hydroxyl groups is 1. The van der Waals surface area contributed by atoms with E-state index >= 15 is 0 Å². The van der Waals surface area contributed by atoms with Gasteiger partial charge in [0.25, 0.3) is 0 Å². The molecule has 2 N–H and O–H groups in total. The minimum absolute atomic E-state index is 0.375. The van der Waals surface area contributed by atoms with Gasteiger partial charge in [-0.1, -0.05) is 38.1 Å². The Morgan fingerprint density at radius 3 is 2.05 bits per heavy atom. The molecule has 0 spiro atoms. The van der Waals surface area contributed by atoms with Crippen molar-refractivity contribution in [1.29, 1.82) is 0 Å². The van der Waals surface area contributed by atoms with Crippen LogP contribution in [0.15, 0.2) is 24.3 Å². The molecule has 0 saturated heterocycles. The first-order chi connectivity index (χ1) is 8.90. The summed E-state index contributed by atoms with van der Waals surface area (Å²) < 4.78 is 0. The molecule has 0 aliphatic rings. The lowest BCUT2D eigenvalue weighted by atomic mass is 10.00. The standard InChI is InChI=1S/C16H28N2O/c1-12(2)14-6-8-15(9-7-14)16(19)10-17-13(3)11-18(4)5/h6-9,12-13,16-17,19H,10-11H2,1-5H3. The normalized spacial score (nSPS) is 14.9. The molecule has 1 aromatic carbocycles. The Hall–Kier alpha value is -0.900. The molecule has 108 valence electrons. The molecule has 1 aromatic rings. The number of hydrogen-bond acceptors (Lipinski definition) is 3. The summed E-state index contributed by atoms with van der Waals surface area (Å²) in [5.74, 6) is 0.532. The van der Waals surface area contributed by atoms with Crippen LogP contribution in [-0.4, -0.2) is 43.2 Å². The topological polar surface area (TPSA) is 35.5 Å². The molecular weight excluding hydrogens is 236 g/mol. The monoisotopic (exact) mass is 264 g/mol. The molecule has 0 bridgehead atoms. The molecule has 0 radical (unpaired) electrons. The van der Waals surface area contributed by atoms with Gasteiger partial charge in [0.1, 0.15) is 0 Å². The third-order valence-corrected chi connectivity index (χ3v) is 3.29. The summed E-state index contributed by atoms with van der Waals surface area (Å²) in [6.45, 7) is 8.05. The highest BCUT2D eigenvalue weighted by Crippen LogP contribution is 2.18. The second-order valence-electron chi connectivity index (χ2n) is 5.91. The van der Waals surface area contributed by atoms with Crippen LogP contribution < -0.4 is 5.32 Å². The van der Waals surface area contributed by atoms with Crippen molar-refractivity contribution in [1.82, 2.24) is 10.2 Å². The Labute approximate surface area is 117 Å². The molecule has 0 aromatic heterocycles. The Morgan fingerprint density at radius 2 is 1.58 bits per heavy atom. The number of hydrogen-bond donors (Lipinski definition) is 2. The molecule has 0 saturated carbocycles. The maximum atomic E-state index is 10.2. The van der Waals surface area contributed by atoms with Crippen LogP contribution in [0.3, 0.4) is 0 Å². The van der Waals surface area contributed by atoms with Gasteiger partial charge in [-0.15, -0.1) is 0 Å². The molecule has 19 heavy (non-hydrogen) atoms. The van der Waals surface area contributed by atoms with E-state index in [1.54, 1.807) is 0 Å². The average Bonchev–Trinajstić information content (AvgIpc) is 2.35. The van der Waals surface area contributed by atoms with Gasteiger partial charge in [-0.2, -0.15) is 0 Å². The lowest BCUT2D eigenvalue weighted by Gasteiger charge is -2.20. The van der Waals surface area contributed by atoms with Gasteiger partial charge in [0.2, 0.25) is 0 Å². The Morgan fingerprint density at radius 1 is 1.05 bits per heavy atom. The lowest BCUT2D eigenvalue weighted by molar-refractivity contribution is 0.167. The van der Waals surface area contributed by atoms with Crippen molar-refractivity contribution in [2.24, 2.45) is 0 Å². The fraction of sp³-hybridized carbons (Fsp3) is 0.625. The largest absolute Gasteiger partial charge is 0.387 e. The van der Waals surface area contributed by atoms with Crippen LogP contribution in [0.4, 0.5) is 0 Å². The molecular formula is C16H28N2O.